The van der Waals surface area contributed by atoms with Crippen molar-refractivity contribution in [3.8, 4) is 5.69 Å². The largest absolute Gasteiger partial charge is 0.292 e. The summed E-state index contributed by atoms with van der Waals surface area (Å²) in [5, 5.41) is 16.4. The first kappa shape index (κ1) is 14.9. The summed E-state index contributed by atoms with van der Waals surface area (Å²) in [7, 11) is 1.72. The van der Waals surface area contributed by atoms with Crippen molar-refractivity contribution < 1.29 is 4.79 Å². The number of aromatic nitrogens is 7. The van der Waals surface area contributed by atoms with Crippen LogP contribution in [0.1, 0.15) is 10.4 Å². The number of hydrogen-bond donors (Lipinski definition) is 0. The van der Waals surface area contributed by atoms with Crippen LogP contribution in [0.5, 0.6) is 0 Å². The van der Waals surface area contributed by atoms with Crippen LogP contribution >= 0.6 is 0 Å². The second-order valence-electron chi connectivity index (χ2n) is 5.51. The van der Waals surface area contributed by atoms with Gasteiger partial charge in [-0.2, -0.15) is 10.2 Å². The summed E-state index contributed by atoms with van der Waals surface area (Å²) in [6.45, 7) is -0.204. The molecular formula is C16H13N7O2. The van der Waals surface area contributed by atoms with Gasteiger partial charge in [0.1, 0.15) is 11.9 Å². The summed E-state index contributed by atoms with van der Waals surface area (Å²) >= 11 is 0. The lowest BCUT2D eigenvalue weighted by Crippen LogP contribution is -2.27. The molecule has 3 heterocycles. The molecule has 0 aliphatic carbocycles. The van der Waals surface area contributed by atoms with E-state index in [0.717, 1.165) is 10.4 Å². The Balaban J connectivity index is 1.72. The van der Waals surface area contributed by atoms with Crippen molar-refractivity contribution in [1.29, 1.82) is 0 Å². The van der Waals surface area contributed by atoms with Gasteiger partial charge in [-0.05, 0) is 12.1 Å². The highest BCUT2D eigenvalue weighted by atomic mass is 16.1. The van der Waals surface area contributed by atoms with Gasteiger partial charge in [0.15, 0.2) is 11.4 Å². The van der Waals surface area contributed by atoms with Crippen LogP contribution in [0.4, 0.5) is 0 Å². The minimum atomic E-state index is -0.413. The van der Waals surface area contributed by atoms with Crippen molar-refractivity contribution >= 4 is 16.8 Å². The number of Topliss-reactive ketones (excluding diaryl/α,β-unsaturated/α-hetero) is 1. The van der Waals surface area contributed by atoms with Crippen LogP contribution in [0.2, 0.25) is 0 Å². The fourth-order valence-electron chi connectivity index (χ4n) is 2.52. The predicted octanol–water partition coefficient (Wildman–Crippen LogP) is 0.594. The molecule has 0 saturated carbocycles. The highest BCUT2D eigenvalue weighted by Gasteiger charge is 2.16. The number of aryl methyl sites for hydroxylation is 1. The number of ketones is 1. The van der Waals surface area contributed by atoms with Gasteiger partial charge in [0.2, 0.25) is 0 Å². The van der Waals surface area contributed by atoms with Gasteiger partial charge >= 0.3 is 0 Å². The van der Waals surface area contributed by atoms with E-state index >= 15 is 0 Å². The molecule has 0 bridgehead atoms. The summed E-state index contributed by atoms with van der Waals surface area (Å²) in [4.78, 5) is 24.8. The van der Waals surface area contributed by atoms with E-state index < -0.39 is 5.56 Å². The molecule has 0 amide bonds. The number of carbonyl (C=O) groups is 1. The van der Waals surface area contributed by atoms with Gasteiger partial charge in [0, 0.05) is 13.2 Å². The Morgan fingerprint density at radius 2 is 1.92 bits per heavy atom. The van der Waals surface area contributed by atoms with Crippen LogP contribution in [0.15, 0.2) is 53.7 Å². The van der Waals surface area contributed by atoms with E-state index in [0.29, 0.717) is 16.6 Å². The maximum absolute atomic E-state index is 12.6. The van der Waals surface area contributed by atoms with Crippen LogP contribution in [0, 0.1) is 0 Å². The molecule has 9 nitrogen and oxygen atoms in total. The summed E-state index contributed by atoms with van der Waals surface area (Å²) in [5.74, 6) is -0.265. The lowest BCUT2D eigenvalue weighted by Gasteiger charge is -2.03. The highest BCUT2D eigenvalue weighted by Crippen LogP contribution is 2.12. The Kier molecular flexibility index (Phi) is 3.46. The van der Waals surface area contributed by atoms with Gasteiger partial charge in [-0.25, -0.2) is 9.36 Å². The molecule has 0 aliphatic rings. The average Bonchev–Trinajstić information content (AvgIpc) is 3.25. The number of carbonyl (C=O) groups excluding carboxylic acids is 1. The van der Waals surface area contributed by atoms with Gasteiger partial charge in [-0.1, -0.05) is 23.4 Å². The van der Waals surface area contributed by atoms with Crippen LogP contribution in [0.3, 0.4) is 0 Å². The molecule has 1 aromatic carbocycles. The smallest absolute Gasteiger partial charge is 0.281 e. The second kappa shape index (κ2) is 5.78. The molecule has 0 aliphatic heterocycles. The van der Waals surface area contributed by atoms with E-state index in [1.165, 1.54) is 21.8 Å². The van der Waals surface area contributed by atoms with Crippen molar-refractivity contribution in [3.05, 3.63) is 64.8 Å². The number of nitrogens with zero attached hydrogens (tertiary/aromatic N) is 7. The molecule has 0 spiro atoms. The van der Waals surface area contributed by atoms with Crippen LogP contribution in [-0.4, -0.2) is 40.3 Å². The first-order valence-electron chi connectivity index (χ1n) is 7.52. The Labute approximate surface area is 141 Å². The molecule has 3 aromatic heterocycles. The van der Waals surface area contributed by atoms with E-state index in [1.54, 1.807) is 13.2 Å². The third-order valence-corrected chi connectivity index (χ3v) is 3.78. The fraction of sp³-hybridized carbons (Fsp3) is 0.125. The lowest BCUT2D eigenvalue weighted by atomic mass is 10.2. The molecule has 9 heteroatoms. The zero-order chi connectivity index (χ0) is 17.4. The Morgan fingerprint density at radius 1 is 1.12 bits per heavy atom. The first-order valence-corrected chi connectivity index (χ1v) is 7.52. The van der Waals surface area contributed by atoms with Crippen molar-refractivity contribution in [2.45, 2.75) is 6.54 Å². The van der Waals surface area contributed by atoms with Crippen molar-refractivity contribution in [1.82, 2.24) is 34.6 Å². The van der Waals surface area contributed by atoms with Crippen molar-refractivity contribution in [2.75, 3.05) is 0 Å². The van der Waals surface area contributed by atoms with Crippen molar-refractivity contribution in [3.63, 3.8) is 0 Å². The molecule has 0 fully saturated rings. The number of fused-ring (bicyclic) bond motifs is 1. The average molecular weight is 335 g/mol. The third-order valence-electron chi connectivity index (χ3n) is 3.78. The predicted molar refractivity (Wildman–Crippen MR) is 88.5 cm³/mol. The lowest BCUT2D eigenvalue weighted by molar-refractivity contribution is 0.0964. The normalized spacial score (nSPS) is 11.1. The minimum absolute atomic E-state index is 0.204. The van der Waals surface area contributed by atoms with Crippen LogP contribution < -0.4 is 5.56 Å². The second-order valence-corrected chi connectivity index (χ2v) is 5.51. The van der Waals surface area contributed by atoms with Gasteiger partial charge in [-0.3, -0.25) is 14.3 Å². The quantitative estimate of drug-likeness (QED) is 0.506. The van der Waals surface area contributed by atoms with Crippen molar-refractivity contribution in [2.24, 2.45) is 7.05 Å². The monoisotopic (exact) mass is 335 g/mol. The van der Waals surface area contributed by atoms with Crippen LogP contribution in [0.25, 0.3) is 16.7 Å². The molecular weight excluding hydrogens is 322 g/mol. The summed E-state index contributed by atoms with van der Waals surface area (Å²) in [6.07, 6.45) is 4.48. The number of hydrogen-bond acceptors (Lipinski definition) is 6. The molecule has 4 aromatic rings. The first-order chi connectivity index (χ1) is 12.1. The minimum Gasteiger partial charge on any atom is -0.292 e. The number of benzene rings is 1. The van der Waals surface area contributed by atoms with Crippen LogP contribution in [-0.2, 0) is 13.6 Å². The SMILES string of the molecule is Cn1cc(C(=O)Cn2nnc3c(cnn3-c3ccccc3)c2=O)cn1. The van der Waals surface area contributed by atoms with Gasteiger partial charge in [0.25, 0.3) is 5.56 Å². The van der Waals surface area contributed by atoms with Gasteiger partial charge in [-0.15, -0.1) is 5.10 Å². The fourth-order valence-corrected chi connectivity index (χ4v) is 2.52. The molecule has 0 radical (unpaired) electrons. The molecule has 124 valence electrons. The Morgan fingerprint density at radius 3 is 2.64 bits per heavy atom. The zero-order valence-corrected chi connectivity index (χ0v) is 13.3. The van der Waals surface area contributed by atoms with E-state index in [9.17, 15) is 9.59 Å². The summed E-state index contributed by atoms with van der Waals surface area (Å²) in [5.41, 5.74) is 1.12. The molecule has 0 atom stereocenters. The van der Waals surface area contributed by atoms with E-state index in [-0.39, 0.29) is 12.3 Å². The highest BCUT2D eigenvalue weighted by molar-refractivity contribution is 5.95. The summed E-state index contributed by atoms with van der Waals surface area (Å²) in [6, 6.07) is 9.32. The topological polar surface area (TPSA) is 100 Å². The van der Waals surface area contributed by atoms with Gasteiger partial charge < -0.3 is 0 Å². The van der Waals surface area contributed by atoms with E-state index in [2.05, 4.69) is 20.5 Å². The van der Waals surface area contributed by atoms with E-state index in [1.807, 2.05) is 30.3 Å². The molecule has 0 unspecified atom stereocenters. The number of para-hydroxylation sites is 1. The molecule has 4 rings (SSSR count). The van der Waals surface area contributed by atoms with E-state index in [4.69, 9.17) is 0 Å². The maximum Gasteiger partial charge on any atom is 0.281 e. The molecule has 0 saturated heterocycles. The third kappa shape index (κ3) is 2.61. The standard InChI is InChI=1S/C16H13N7O2/c1-21-9-11(7-17-21)14(24)10-22-16(25)13-8-18-23(15(13)19-20-22)12-5-3-2-4-6-12/h2-9H,10H2,1H3. The molecule has 0 N–H and O–H groups in total. The molecule has 25 heavy (non-hydrogen) atoms. The maximum atomic E-state index is 12.6. The van der Waals surface area contributed by atoms with Gasteiger partial charge in [0.05, 0.1) is 23.6 Å². The Hall–Kier alpha value is -3.62. The number of rotatable bonds is 4. The zero-order valence-electron chi connectivity index (χ0n) is 13.3. The Bertz CT molecular complexity index is 1120. The summed E-state index contributed by atoms with van der Waals surface area (Å²) < 4.78 is 4.10.